The van der Waals surface area contributed by atoms with E-state index >= 15 is 0 Å². The van der Waals surface area contributed by atoms with Crippen molar-refractivity contribution in [2.24, 2.45) is 0 Å². The predicted octanol–water partition coefficient (Wildman–Crippen LogP) is 1.99. The maximum Gasteiger partial charge on any atom is 0.180 e. The Balaban J connectivity index is 2.56. The summed E-state index contributed by atoms with van der Waals surface area (Å²) in [5.74, 6) is 0.439. The van der Waals surface area contributed by atoms with E-state index < -0.39 is 0 Å². The Morgan fingerprint density at radius 2 is 2.19 bits per heavy atom. The maximum atomic E-state index is 9.06. The normalized spacial score (nSPS) is 10.4. The minimum absolute atomic E-state index is 0.124. The summed E-state index contributed by atoms with van der Waals surface area (Å²) in [7, 11) is 0. The molecule has 0 saturated heterocycles. The summed E-state index contributed by atoms with van der Waals surface area (Å²) in [4.78, 5) is 12.5. The molecule has 2 rings (SSSR count). The number of hydrogen-bond acceptors (Lipinski definition) is 4. The van der Waals surface area contributed by atoms with Crippen LogP contribution < -0.4 is 0 Å². The van der Waals surface area contributed by atoms with Gasteiger partial charge < -0.3 is 5.11 Å². The second-order valence-electron chi connectivity index (χ2n) is 3.32. The van der Waals surface area contributed by atoms with E-state index in [1.807, 2.05) is 6.92 Å². The maximum absolute atomic E-state index is 9.06. The summed E-state index contributed by atoms with van der Waals surface area (Å²) in [6.07, 6.45) is 1.63. The Hall–Kier alpha value is -1.52. The molecular weight excluding hydrogens is 226 g/mol. The quantitative estimate of drug-likeness (QED) is 0.865. The van der Waals surface area contributed by atoms with Crippen molar-refractivity contribution in [1.82, 2.24) is 15.0 Å². The molecule has 2 heterocycles. The molecule has 0 amide bonds. The van der Waals surface area contributed by atoms with Crippen LogP contribution in [-0.4, -0.2) is 20.1 Å². The molecule has 16 heavy (non-hydrogen) atoms. The van der Waals surface area contributed by atoms with Crippen LogP contribution in [0.2, 0.25) is 5.02 Å². The van der Waals surface area contributed by atoms with Crippen molar-refractivity contribution in [3.8, 4) is 11.5 Å². The van der Waals surface area contributed by atoms with Gasteiger partial charge in [-0.15, -0.1) is 0 Å². The third kappa shape index (κ3) is 2.18. The molecule has 0 bridgehead atoms. The molecule has 0 atom stereocenters. The molecular formula is C11H10ClN3O. The van der Waals surface area contributed by atoms with Crippen LogP contribution >= 0.6 is 11.6 Å². The van der Waals surface area contributed by atoms with E-state index in [2.05, 4.69) is 15.0 Å². The van der Waals surface area contributed by atoms with Crippen LogP contribution in [0.4, 0.5) is 0 Å². The lowest BCUT2D eigenvalue weighted by Crippen LogP contribution is -1.99. The Labute approximate surface area is 98.0 Å². The van der Waals surface area contributed by atoms with Gasteiger partial charge in [-0.2, -0.15) is 0 Å². The minimum Gasteiger partial charge on any atom is -0.390 e. The smallest absolute Gasteiger partial charge is 0.180 e. The fraction of sp³-hybridized carbons (Fsp3) is 0.182. The van der Waals surface area contributed by atoms with Crippen molar-refractivity contribution in [3.63, 3.8) is 0 Å². The van der Waals surface area contributed by atoms with Gasteiger partial charge in [0.05, 0.1) is 17.3 Å². The number of nitrogens with zero attached hydrogens (tertiary/aromatic N) is 3. The van der Waals surface area contributed by atoms with Gasteiger partial charge in [0.25, 0.3) is 0 Å². The van der Waals surface area contributed by atoms with E-state index in [-0.39, 0.29) is 6.61 Å². The van der Waals surface area contributed by atoms with Crippen LogP contribution in [0.15, 0.2) is 24.4 Å². The largest absolute Gasteiger partial charge is 0.390 e. The van der Waals surface area contributed by atoms with Crippen molar-refractivity contribution in [2.45, 2.75) is 13.5 Å². The Kier molecular flexibility index (Phi) is 3.12. The van der Waals surface area contributed by atoms with Crippen molar-refractivity contribution in [3.05, 3.63) is 40.8 Å². The number of aliphatic hydroxyl groups is 1. The van der Waals surface area contributed by atoms with Crippen LogP contribution in [0.25, 0.3) is 11.5 Å². The Bertz CT molecular complexity index is 516. The molecule has 2 aromatic rings. The third-order valence-corrected chi connectivity index (χ3v) is 2.34. The zero-order chi connectivity index (χ0) is 11.5. The summed E-state index contributed by atoms with van der Waals surface area (Å²) in [6, 6.07) is 5.20. The topological polar surface area (TPSA) is 58.9 Å². The molecule has 0 aliphatic rings. The molecule has 0 aliphatic heterocycles. The lowest BCUT2D eigenvalue weighted by molar-refractivity contribution is 0.276. The standard InChI is InChI=1S/C11H10ClN3O/c1-7-5-8(6-16)15-11(14-7)10-9(12)3-2-4-13-10/h2-5,16H,6H2,1H3. The lowest BCUT2D eigenvalue weighted by Gasteiger charge is -2.04. The summed E-state index contributed by atoms with van der Waals surface area (Å²) in [5, 5.41) is 9.56. The minimum atomic E-state index is -0.124. The van der Waals surface area contributed by atoms with Gasteiger partial charge in [0, 0.05) is 11.9 Å². The van der Waals surface area contributed by atoms with Crippen LogP contribution in [0.1, 0.15) is 11.4 Å². The summed E-state index contributed by atoms with van der Waals surface area (Å²) >= 11 is 6.00. The number of halogens is 1. The highest BCUT2D eigenvalue weighted by Crippen LogP contribution is 2.22. The second-order valence-corrected chi connectivity index (χ2v) is 3.72. The molecule has 82 valence electrons. The molecule has 0 spiro atoms. The zero-order valence-corrected chi connectivity index (χ0v) is 9.44. The van der Waals surface area contributed by atoms with Crippen molar-refractivity contribution < 1.29 is 5.11 Å². The molecule has 0 saturated carbocycles. The van der Waals surface area contributed by atoms with Crippen LogP contribution in [0.5, 0.6) is 0 Å². The van der Waals surface area contributed by atoms with E-state index in [1.54, 1.807) is 24.4 Å². The van der Waals surface area contributed by atoms with Gasteiger partial charge in [0.2, 0.25) is 0 Å². The number of hydrogen-bond donors (Lipinski definition) is 1. The lowest BCUT2D eigenvalue weighted by atomic mass is 10.3. The third-order valence-electron chi connectivity index (χ3n) is 2.04. The fourth-order valence-electron chi connectivity index (χ4n) is 1.37. The fourth-order valence-corrected chi connectivity index (χ4v) is 1.58. The summed E-state index contributed by atoms with van der Waals surface area (Å²) < 4.78 is 0. The molecule has 4 nitrogen and oxygen atoms in total. The monoisotopic (exact) mass is 235 g/mol. The highest BCUT2D eigenvalue weighted by molar-refractivity contribution is 6.32. The molecule has 0 radical (unpaired) electrons. The zero-order valence-electron chi connectivity index (χ0n) is 8.68. The molecule has 1 N–H and O–H groups in total. The number of aromatic nitrogens is 3. The first kappa shape index (κ1) is 11.0. The molecule has 0 aromatic carbocycles. The first-order valence-electron chi connectivity index (χ1n) is 4.77. The average Bonchev–Trinajstić information content (AvgIpc) is 2.28. The molecule has 0 unspecified atom stereocenters. The van der Waals surface area contributed by atoms with Gasteiger partial charge in [-0.25, -0.2) is 9.97 Å². The van der Waals surface area contributed by atoms with Crippen molar-refractivity contribution in [1.29, 1.82) is 0 Å². The predicted molar refractivity (Wildman–Crippen MR) is 60.9 cm³/mol. The average molecular weight is 236 g/mol. The molecule has 0 aliphatic carbocycles. The number of pyridine rings is 1. The van der Waals surface area contributed by atoms with Crippen molar-refractivity contribution >= 4 is 11.6 Å². The van der Waals surface area contributed by atoms with Gasteiger partial charge in [0.15, 0.2) is 5.82 Å². The highest BCUT2D eigenvalue weighted by atomic mass is 35.5. The highest BCUT2D eigenvalue weighted by Gasteiger charge is 2.09. The van der Waals surface area contributed by atoms with Gasteiger partial charge in [-0.3, -0.25) is 4.98 Å². The van der Waals surface area contributed by atoms with Gasteiger partial charge in [0.1, 0.15) is 5.69 Å². The van der Waals surface area contributed by atoms with E-state index in [0.29, 0.717) is 22.2 Å². The summed E-state index contributed by atoms with van der Waals surface area (Å²) in [5.41, 5.74) is 1.86. The molecule has 0 fully saturated rings. The first-order chi connectivity index (χ1) is 7.70. The Morgan fingerprint density at radius 1 is 1.38 bits per heavy atom. The van der Waals surface area contributed by atoms with Gasteiger partial charge in [-0.05, 0) is 25.1 Å². The number of rotatable bonds is 2. The van der Waals surface area contributed by atoms with Crippen LogP contribution in [0.3, 0.4) is 0 Å². The van der Waals surface area contributed by atoms with E-state index in [0.717, 1.165) is 5.69 Å². The first-order valence-corrected chi connectivity index (χ1v) is 5.15. The van der Waals surface area contributed by atoms with Gasteiger partial charge >= 0.3 is 0 Å². The van der Waals surface area contributed by atoms with E-state index in [9.17, 15) is 0 Å². The Morgan fingerprint density at radius 3 is 2.88 bits per heavy atom. The van der Waals surface area contributed by atoms with E-state index in [1.165, 1.54) is 0 Å². The number of aryl methyl sites for hydroxylation is 1. The van der Waals surface area contributed by atoms with Crippen LogP contribution in [0, 0.1) is 6.92 Å². The van der Waals surface area contributed by atoms with Gasteiger partial charge in [-0.1, -0.05) is 11.6 Å². The van der Waals surface area contributed by atoms with E-state index in [4.69, 9.17) is 16.7 Å². The second kappa shape index (κ2) is 4.55. The SMILES string of the molecule is Cc1cc(CO)nc(-c2ncccc2Cl)n1. The van der Waals surface area contributed by atoms with Crippen molar-refractivity contribution in [2.75, 3.05) is 0 Å². The summed E-state index contributed by atoms with van der Waals surface area (Å²) in [6.45, 7) is 1.71. The number of aliphatic hydroxyl groups excluding tert-OH is 1. The van der Waals surface area contributed by atoms with Crippen LogP contribution in [-0.2, 0) is 6.61 Å². The molecule has 2 aromatic heterocycles. The molecule has 5 heteroatoms.